The van der Waals surface area contributed by atoms with Gasteiger partial charge in [0.2, 0.25) is 11.8 Å². The van der Waals surface area contributed by atoms with Crippen molar-refractivity contribution in [1.82, 2.24) is 10.3 Å². The monoisotopic (exact) mass is 385 g/mol. The third kappa shape index (κ3) is 4.75. The topological polar surface area (TPSA) is 62.3 Å². The minimum atomic E-state index is -0.320. The fourth-order valence-corrected chi connectivity index (χ4v) is 4.05. The SMILES string of the molecule is CCCCc1ccc(N2CC(C(=O)NC(C)c3csc(C)n3)CC2=O)cc1. The maximum atomic E-state index is 12.6. The average molecular weight is 386 g/mol. The second-order valence-electron chi connectivity index (χ2n) is 7.20. The highest BCUT2D eigenvalue weighted by molar-refractivity contribution is 7.09. The van der Waals surface area contributed by atoms with Gasteiger partial charge in [0.1, 0.15) is 0 Å². The molecule has 144 valence electrons. The number of carbonyl (C=O) groups is 2. The van der Waals surface area contributed by atoms with Gasteiger partial charge >= 0.3 is 0 Å². The van der Waals surface area contributed by atoms with E-state index in [1.807, 2.05) is 31.4 Å². The number of carbonyl (C=O) groups excluding carboxylic acids is 2. The van der Waals surface area contributed by atoms with E-state index in [1.54, 1.807) is 16.2 Å². The quantitative estimate of drug-likeness (QED) is 0.783. The maximum absolute atomic E-state index is 12.6. The van der Waals surface area contributed by atoms with E-state index in [2.05, 4.69) is 29.4 Å². The van der Waals surface area contributed by atoms with Crippen LogP contribution in [0.3, 0.4) is 0 Å². The lowest BCUT2D eigenvalue weighted by molar-refractivity contribution is -0.126. The van der Waals surface area contributed by atoms with Crippen molar-refractivity contribution >= 4 is 28.8 Å². The Hall–Kier alpha value is -2.21. The van der Waals surface area contributed by atoms with E-state index in [4.69, 9.17) is 0 Å². The summed E-state index contributed by atoms with van der Waals surface area (Å²) in [6.45, 7) is 6.49. The number of thiazole rings is 1. The number of amides is 2. The number of hydrogen-bond donors (Lipinski definition) is 1. The number of benzene rings is 1. The Morgan fingerprint density at radius 3 is 2.74 bits per heavy atom. The van der Waals surface area contributed by atoms with Crippen LogP contribution in [0.25, 0.3) is 0 Å². The van der Waals surface area contributed by atoms with Gasteiger partial charge in [-0.15, -0.1) is 11.3 Å². The molecule has 5 nitrogen and oxygen atoms in total. The summed E-state index contributed by atoms with van der Waals surface area (Å²) in [4.78, 5) is 31.2. The van der Waals surface area contributed by atoms with Crippen LogP contribution >= 0.6 is 11.3 Å². The zero-order chi connectivity index (χ0) is 19.4. The van der Waals surface area contributed by atoms with Crippen molar-refractivity contribution in [3.63, 3.8) is 0 Å². The molecular weight excluding hydrogens is 358 g/mol. The summed E-state index contributed by atoms with van der Waals surface area (Å²) in [5.41, 5.74) is 3.03. The Balaban J connectivity index is 1.60. The van der Waals surface area contributed by atoms with Crippen molar-refractivity contribution in [3.8, 4) is 0 Å². The van der Waals surface area contributed by atoms with E-state index in [9.17, 15) is 9.59 Å². The fourth-order valence-electron chi connectivity index (χ4n) is 3.34. The van der Waals surface area contributed by atoms with Gasteiger partial charge in [0, 0.05) is 24.0 Å². The van der Waals surface area contributed by atoms with Gasteiger partial charge in [-0.2, -0.15) is 0 Å². The number of hydrogen-bond acceptors (Lipinski definition) is 4. The maximum Gasteiger partial charge on any atom is 0.227 e. The van der Waals surface area contributed by atoms with Gasteiger partial charge in [0.15, 0.2) is 0 Å². The van der Waals surface area contributed by atoms with Crippen LogP contribution in [-0.4, -0.2) is 23.3 Å². The van der Waals surface area contributed by atoms with E-state index in [0.29, 0.717) is 6.54 Å². The Morgan fingerprint density at radius 1 is 1.37 bits per heavy atom. The van der Waals surface area contributed by atoms with Gasteiger partial charge in [-0.05, 0) is 44.4 Å². The van der Waals surface area contributed by atoms with Crippen molar-refractivity contribution in [3.05, 3.63) is 45.9 Å². The summed E-state index contributed by atoms with van der Waals surface area (Å²) in [6, 6.07) is 7.99. The largest absolute Gasteiger partial charge is 0.348 e. The van der Waals surface area contributed by atoms with Gasteiger partial charge in [-0.25, -0.2) is 4.98 Å². The molecule has 0 saturated carbocycles. The predicted octanol–water partition coefficient (Wildman–Crippen LogP) is 4.02. The van der Waals surface area contributed by atoms with Crippen LogP contribution in [0.5, 0.6) is 0 Å². The first-order chi connectivity index (χ1) is 13.0. The molecule has 1 fully saturated rings. The molecule has 3 rings (SSSR count). The summed E-state index contributed by atoms with van der Waals surface area (Å²) in [5, 5.41) is 5.95. The number of anilines is 1. The van der Waals surface area contributed by atoms with E-state index in [0.717, 1.165) is 22.8 Å². The van der Waals surface area contributed by atoms with Crippen LogP contribution in [0.2, 0.25) is 0 Å². The Kier molecular flexibility index (Phi) is 6.26. The molecule has 1 aliphatic heterocycles. The van der Waals surface area contributed by atoms with E-state index in [-0.39, 0.29) is 30.2 Å². The van der Waals surface area contributed by atoms with E-state index in [1.165, 1.54) is 18.4 Å². The molecule has 27 heavy (non-hydrogen) atoms. The summed E-state index contributed by atoms with van der Waals surface area (Å²) < 4.78 is 0. The molecule has 0 aliphatic carbocycles. The van der Waals surface area contributed by atoms with E-state index < -0.39 is 0 Å². The average Bonchev–Trinajstić information content (AvgIpc) is 3.26. The minimum absolute atomic E-state index is 0.00798. The zero-order valence-electron chi connectivity index (χ0n) is 16.2. The lowest BCUT2D eigenvalue weighted by atomic mass is 10.1. The van der Waals surface area contributed by atoms with E-state index >= 15 is 0 Å². The molecule has 1 aromatic heterocycles. The first kappa shape index (κ1) is 19.5. The molecular formula is C21H27N3O2S. The van der Waals surface area contributed by atoms with Crippen LogP contribution < -0.4 is 10.2 Å². The molecule has 1 aliphatic rings. The molecule has 0 bridgehead atoms. The van der Waals surface area contributed by atoms with Crippen LogP contribution in [0.15, 0.2) is 29.6 Å². The minimum Gasteiger partial charge on any atom is -0.348 e. The van der Waals surface area contributed by atoms with Crippen molar-refractivity contribution in [2.24, 2.45) is 5.92 Å². The van der Waals surface area contributed by atoms with Crippen molar-refractivity contribution < 1.29 is 9.59 Å². The Labute approximate surface area is 164 Å². The second kappa shape index (κ2) is 8.65. The van der Waals surface area contributed by atoms with Crippen LogP contribution in [0, 0.1) is 12.8 Å². The first-order valence-corrected chi connectivity index (χ1v) is 10.5. The van der Waals surface area contributed by atoms with Crippen molar-refractivity contribution in [1.29, 1.82) is 0 Å². The normalized spacial score (nSPS) is 18.0. The van der Waals surface area contributed by atoms with Crippen molar-refractivity contribution in [2.45, 2.75) is 52.5 Å². The third-order valence-electron chi connectivity index (χ3n) is 5.00. The van der Waals surface area contributed by atoms with Crippen molar-refractivity contribution in [2.75, 3.05) is 11.4 Å². The van der Waals surface area contributed by atoms with Gasteiger partial charge < -0.3 is 10.2 Å². The summed E-state index contributed by atoms with van der Waals surface area (Å²) >= 11 is 1.57. The van der Waals surface area contributed by atoms with Crippen LogP contribution in [0.1, 0.15) is 55.4 Å². The number of aromatic nitrogens is 1. The highest BCUT2D eigenvalue weighted by atomic mass is 32.1. The lowest BCUT2D eigenvalue weighted by Gasteiger charge is -2.18. The summed E-state index contributed by atoms with van der Waals surface area (Å²) in [7, 11) is 0. The number of rotatable bonds is 7. The van der Waals surface area contributed by atoms with Gasteiger partial charge in [-0.1, -0.05) is 25.5 Å². The molecule has 0 radical (unpaired) electrons. The second-order valence-corrected chi connectivity index (χ2v) is 8.26. The molecule has 2 atom stereocenters. The lowest BCUT2D eigenvalue weighted by Crippen LogP contribution is -2.34. The summed E-state index contributed by atoms with van der Waals surface area (Å²) in [5.74, 6) is -0.392. The van der Waals surface area contributed by atoms with Gasteiger partial charge in [-0.3, -0.25) is 9.59 Å². The number of nitrogens with one attached hydrogen (secondary N) is 1. The van der Waals surface area contributed by atoms with Gasteiger partial charge in [0.25, 0.3) is 0 Å². The number of aryl methyl sites for hydroxylation is 2. The third-order valence-corrected chi connectivity index (χ3v) is 5.79. The van der Waals surface area contributed by atoms with Crippen LogP contribution in [-0.2, 0) is 16.0 Å². The highest BCUT2D eigenvalue weighted by Crippen LogP contribution is 2.26. The van der Waals surface area contributed by atoms with Gasteiger partial charge in [0.05, 0.1) is 22.7 Å². The Morgan fingerprint density at radius 2 is 2.11 bits per heavy atom. The predicted molar refractivity (Wildman–Crippen MR) is 109 cm³/mol. The number of unbranched alkanes of at least 4 members (excludes halogenated alkanes) is 1. The molecule has 2 unspecified atom stereocenters. The molecule has 1 saturated heterocycles. The molecule has 2 amide bonds. The highest BCUT2D eigenvalue weighted by Gasteiger charge is 2.35. The molecule has 1 aromatic carbocycles. The molecule has 0 spiro atoms. The first-order valence-electron chi connectivity index (χ1n) is 9.59. The fraction of sp³-hybridized carbons (Fsp3) is 0.476. The van der Waals surface area contributed by atoms with Crippen LogP contribution in [0.4, 0.5) is 5.69 Å². The molecule has 1 N–H and O–H groups in total. The number of nitrogens with zero attached hydrogens (tertiary/aromatic N) is 2. The molecule has 2 heterocycles. The molecule has 2 aromatic rings. The molecule has 6 heteroatoms. The standard InChI is InChI=1S/C21H27N3O2S/c1-4-5-6-16-7-9-18(10-8-16)24-12-17(11-20(24)25)21(26)22-14(2)19-13-27-15(3)23-19/h7-10,13-14,17H,4-6,11-12H2,1-3H3,(H,22,26). The zero-order valence-corrected chi connectivity index (χ0v) is 17.0. The summed E-state index contributed by atoms with van der Waals surface area (Å²) in [6.07, 6.45) is 3.65. The smallest absolute Gasteiger partial charge is 0.227 e. The Bertz CT molecular complexity index is 800.